The monoisotopic (exact) mass is 327 g/mol. The molecule has 0 saturated heterocycles. The summed E-state index contributed by atoms with van der Waals surface area (Å²) in [5, 5.41) is 9.81. The lowest BCUT2D eigenvalue weighted by atomic mass is 10.2. The van der Waals surface area contributed by atoms with Gasteiger partial charge in [-0.1, -0.05) is 42.5 Å². The van der Waals surface area contributed by atoms with E-state index in [1.165, 1.54) is 11.8 Å². The van der Waals surface area contributed by atoms with Gasteiger partial charge in [0.05, 0.1) is 16.0 Å². The van der Waals surface area contributed by atoms with Crippen molar-refractivity contribution in [3.8, 4) is 0 Å². The van der Waals surface area contributed by atoms with Crippen LogP contribution in [0.1, 0.15) is 10.6 Å². The molecule has 1 aromatic heterocycles. The van der Waals surface area contributed by atoms with Crippen LogP contribution < -0.4 is 0 Å². The van der Waals surface area contributed by atoms with Gasteiger partial charge in [-0.25, -0.2) is 4.98 Å². The van der Waals surface area contributed by atoms with E-state index in [1.54, 1.807) is 11.3 Å². The maximum absolute atomic E-state index is 10.9. The number of thioether (sulfide) groups is 1. The molecule has 5 heteroatoms. The first-order chi connectivity index (χ1) is 10.7. The van der Waals surface area contributed by atoms with Crippen molar-refractivity contribution >= 4 is 50.3 Å². The van der Waals surface area contributed by atoms with Crippen molar-refractivity contribution in [2.24, 2.45) is 0 Å². The Morgan fingerprint density at radius 2 is 1.86 bits per heavy atom. The number of aliphatic carboxylic acids is 1. The van der Waals surface area contributed by atoms with Crippen LogP contribution in [0.2, 0.25) is 0 Å². The summed E-state index contributed by atoms with van der Waals surface area (Å²) in [4.78, 5) is 16.4. The second-order valence-corrected chi connectivity index (χ2v) is 6.64. The Labute approximate surface area is 136 Å². The number of thiazole rings is 1. The Hall–Kier alpha value is -2.11. The predicted molar refractivity (Wildman–Crippen MR) is 94.0 cm³/mol. The number of carboxylic acid groups (broad SMARTS) is 1. The molecule has 1 heterocycles. The minimum atomic E-state index is -0.829. The maximum atomic E-state index is 10.9. The lowest BCUT2D eigenvalue weighted by Gasteiger charge is -2.02. The number of benzene rings is 2. The zero-order chi connectivity index (χ0) is 15.4. The topological polar surface area (TPSA) is 50.2 Å². The SMILES string of the molecule is O=C(O)CSC(=Cc1ccccc1)c1nc2ccccc2s1. The Bertz CT molecular complexity index is 792. The van der Waals surface area contributed by atoms with Crippen LogP contribution in [0, 0.1) is 0 Å². The zero-order valence-corrected chi connectivity index (χ0v) is 13.2. The first kappa shape index (κ1) is 14.8. The molecule has 3 aromatic rings. The molecule has 0 bridgehead atoms. The van der Waals surface area contributed by atoms with Crippen molar-refractivity contribution in [3.63, 3.8) is 0 Å². The Morgan fingerprint density at radius 3 is 2.59 bits per heavy atom. The molecule has 0 saturated carbocycles. The number of hydrogen-bond donors (Lipinski definition) is 1. The third kappa shape index (κ3) is 3.55. The highest BCUT2D eigenvalue weighted by Crippen LogP contribution is 2.35. The van der Waals surface area contributed by atoms with Crippen LogP contribution in [0.4, 0.5) is 0 Å². The smallest absolute Gasteiger partial charge is 0.313 e. The number of rotatable bonds is 5. The predicted octanol–water partition coefficient (Wildman–Crippen LogP) is 4.61. The highest BCUT2D eigenvalue weighted by atomic mass is 32.2. The molecule has 0 atom stereocenters. The zero-order valence-electron chi connectivity index (χ0n) is 11.6. The number of carbonyl (C=O) groups is 1. The van der Waals surface area contributed by atoms with Gasteiger partial charge in [0.25, 0.3) is 0 Å². The normalized spacial score (nSPS) is 11.7. The van der Waals surface area contributed by atoms with Crippen molar-refractivity contribution in [2.45, 2.75) is 0 Å². The summed E-state index contributed by atoms with van der Waals surface area (Å²) in [7, 11) is 0. The van der Waals surface area contributed by atoms with Crippen LogP contribution in [-0.4, -0.2) is 21.8 Å². The molecule has 3 rings (SSSR count). The van der Waals surface area contributed by atoms with E-state index >= 15 is 0 Å². The quantitative estimate of drug-likeness (QED) is 0.743. The number of nitrogens with zero attached hydrogens (tertiary/aromatic N) is 1. The first-order valence-corrected chi connectivity index (χ1v) is 8.50. The number of hydrogen-bond acceptors (Lipinski definition) is 4. The Morgan fingerprint density at radius 1 is 1.14 bits per heavy atom. The third-order valence-electron chi connectivity index (χ3n) is 2.95. The minimum absolute atomic E-state index is 0.0224. The van der Waals surface area contributed by atoms with Gasteiger partial charge in [-0.05, 0) is 23.8 Å². The molecule has 110 valence electrons. The lowest BCUT2D eigenvalue weighted by Crippen LogP contribution is -1.97. The number of aromatic nitrogens is 1. The molecule has 0 aliphatic rings. The fraction of sp³-hybridized carbons (Fsp3) is 0.0588. The Balaban J connectivity index is 2.00. The fourth-order valence-corrected chi connectivity index (χ4v) is 3.83. The van der Waals surface area contributed by atoms with Crippen molar-refractivity contribution < 1.29 is 9.90 Å². The van der Waals surface area contributed by atoms with Gasteiger partial charge in [-0.15, -0.1) is 23.1 Å². The van der Waals surface area contributed by atoms with Gasteiger partial charge in [0, 0.05) is 4.91 Å². The average Bonchev–Trinajstić information content (AvgIpc) is 2.96. The second kappa shape index (κ2) is 6.77. The molecule has 2 aromatic carbocycles. The van der Waals surface area contributed by atoms with Crippen LogP contribution in [-0.2, 0) is 4.79 Å². The molecule has 0 aliphatic heterocycles. The highest BCUT2D eigenvalue weighted by molar-refractivity contribution is 8.09. The summed E-state index contributed by atoms with van der Waals surface area (Å²) in [5.41, 5.74) is 1.98. The van der Waals surface area contributed by atoms with E-state index in [-0.39, 0.29) is 5.75 Å². The van der Waals surface area contributed by atoms with Crippen molar-refractivity contribution in [1.29, 1.82) is 0 Å². The van der Waals surface area contributed by atoms with Crippen LogP contribution in [0.5, 0.6) is 0 Å². The van der Waals surface area contributed by atoms with E-state index in [0.29, 0.717) is 0 Å². The molecule has 0 spiro atoms. The van der Waals surface area contributed by atoms with E-state index in [1.807, 2.05) is 60.7 Å². The molecular formula is C17H13NO2S2. The standard InChI is InChI=1S/C17H13NO2S2/c19-16(20)11-21-15(10-12-6-2-1-3-7-12)17-18-13-8-4-5-9-14(13)22-17/h1-10H,11H2,(H,19,20). The van der Waals surface area contributed by atoms with Gasteiger partial charge >= 0.3 is 5.97 Å². The second-order valence-electron chi connectivity index (χ2n) is 4.59. The van der Waals surface area contributed by atoms with Crippen LogP contribution in [0.15, 0.2) is 54.6 Å². The molecule has 22 heavy (non-hydrogen) atoms. The molecular weight excluding hydrogens is 314 g/mol. The molecule has 3 nitrogen and oxygen atoms in total. The number of carboxylic acids is 1. The Kier molecular flexibility index (Phi) is 4.56. The van der Waals surface area contributed by atoms with Gasteiger partial charge in [-0.2, -0.15) is 0 Å². The fourth-order valence-electron chi connectivity index (χ4n) is 1.98. The molecule has 0 fully saturated rings. The van der Waals surface area contributed by atoms with Gasteiger partial charge in [-0.3, -0.25) is 4.79 Å². The summed E-state index contributed by atoms with van der Waals surface area (Å²) >= 11 is 2.89. The molecule has 0 aliphatic carbocycles. The van der Waals surface area contributed by atoms with E-state index in [9.17, 15) is 4.79 Å². The van der Waals surface area contributed by atoms with Crippen molar-refractivity contribution in [3.05, 3.63) is 65.2 Å². The molecule has 0 amide bonds. The van der Waals surface area contributed by atoms with E-state index in [2.05, 4.69) is 4.98 Å². The van der Waals surface area contributed by atoms with Gasteiger partial charge in [0.1, 0.15) is 5.01 Å². The summed E-state index contributed by atoms with van der Waals surface area (Å²) in [6, 6.07) is 17.8. The lowest BCUT2D eigenvalue weighted by molar-refractivity contribution is -0.133. The highest BCUT2D eigenvalue weighted by Gasteiger charge is 2.11. The van der Waals surface area contributed by atoms with Crippen molar-refractivity contribution in [2.75, 3.05) is 5.75 Å². The summed E-state index contributed by atoms with van der Waals surface area (Å²) in [6.45, 7) is 0. The van der Waals surface area contributed by atoms with Crippen molar-refractivity contribution in [1.82, 2.24) is 4.98 Å². The summed E-state index contributed by atoms with van der Waals surface area (Å²) in [6.07, 6.45) is 1.99. The number of para-hydroxylation sites is 1. The number of fused-ring (bicyclic) bond motifs is 1. The van der Waals surface area contributed by atoms with Gasteiger partial charge < -0.3 is 5.11 Å². The van der Waals surface area contributed by atoms with E-state index in [0.717, 1.165) is 25.7 Å². The first-order valence-electron chi connectivity index (χ1n) is 6.69. The van der Waals surface area contributed by atoms with Crippen LogP contribution in [0.25, 0.3) is 21.2 Å². The van der Waals surface area contributed by atoms with E-state index in [4.69, 9.17) is 5.11 Å². The van der Waals surface area contributed by atoms with Crippen LogP contribution >= 0.6 is 23.1 Å². The molecule has 0 radical (unpaired) electrons. The summed E-state index contributed by atoms with van der Waals surface area (Å²) in [5.74, 6) is -0.806. The van der Waals surface area contributed by atoms with Gasteiger partial charge in [0.2, 0.25) is 0 Å². The van der Waals surface area contributed by atoms with Gasteiger partial charge in [0.15, 0.2) is 0 Å². The van der Waals surface area contributed by atoms with E-state index < -0.39 is 5.97 Å². The van der Waals surface area contributed by atoms with Crippen LogP contribution in [0.3, 0.4) is 0 Å². The average molecular weight is 327 g/mol. The maximum Gasteiger partial charge on any atom is 0.313 e. The third-order valence-corrected chi connectivity index (χ3v) is 5.17. The summed E-state index contributed by atoms with van der Waals surface area (Å²) < 4.78 is 1.10. The largest absolute Gasteiger partial charge is 0.481 e. The molecule has 0 unspecified atom stereocenters. The minimum Gasteiger partial charge on any atom is -0.481 e. The molecule has 1 N–H and O–H groups in total.